The number of carbonyl (C=O) groups is 1. The predicted octanol–water partition coefficient (Wildman–Crippen LogP) is 3.68. The fourth-order valence-electron chi connectivity index (χ4n) is 3.60. The molecule has 6 heteroatoms. The van der Waals surface area contributed by atoms with Crippen LogP contribution < -0.4 is 14.2 Å². The van der Waals surface area contributed by atoms with Crippen molar-refractivity contribution in [3.63, 3.8) is 0 Å². The second-order valence-corrected chi connectivity index (χ2v) is 7.27. The maximum Gasteiger partial charge on any atom is 0.254 e. The van der Waals surface area contributed by atoms with E-state index < -0.39 is 0 Å². The van der Waals surface area contributed by atoms with Gasteiger partial charge >= 0.3 is 0 Å². The Labute approximate surface area is 171 Å². The van der Waals surface area contributed by atoms with Crippen LogP contribution in [-0.2, 0) is 11.3 Å². The summed E-state index contributed by atoms with van der Waals surface area (Å²) in [6.07, 6.45) is 2.26. The highest BCUT2D eigenvalue weighted by atomic mass is 16.6. The summed E-state index contributed by atoms with van der Waals surface area (Å²) in [5.41, 5.74) is 1.63. The zero-order valence-electron chi connectivity index (χ0n) is 16.8. The van der Waals surface area contributed by atoms with Crippen LogP contribution in [0.15, 0.2) is 42.5 Å². The Bertz CT molecular complexity index is 847. The summed E-state index contributed by atoms with van der Waals surface area (Å²) in [6.45, 7) is 5.53. The molecule has 1 fully saturated rings. The summed E-state index contributed by atoms with van der Waals surface area (Å²) in [4.78, 5) is 14.9. The quantitative estimate of drug-likeness (QED) is 0.713. The van der Waals surface area contributed by atoms with Gasteiger partial charge in [-0.1, -0.05) is 12.1 Å². The number of fused-ring (bicyclic) bond motifs is 1. The summed E-state index contributed by atoms with van der Waals surface area (Å²) in [5, 5.41) is 0. The highest BCUT2D eigenvalue weighted by molar-refractivity contribution is 5.94. The number of amides is 1. The van der Waals surface area contributed by atoms with Crippen molar-refractivity contribution in [2.75, 3.05) is 33.0 Å². The van der Waals surface area contributed by atoms with Crippen LogP contribution in [0.2, 0.25) is 0 Å². The number of rotatable bonds is 7. The first-order chi connectivity index (χ1) is 14.2. The maximum absolute atomic E-state index is 13.1. The first-order valence-electron chi connectivity index (χ1n) is 10.2. The molecule has 1 atom stereocenters. The summed E-state index contributed by atoms with van der Waals surface area (Å²) in [7, 11) is 0. The van der Waals surface area contributed by atoms with Gasteiger partial charge < -0.3 is 23.8 Å². The normalized spacial score (nSPS) is 17.8. The van der Waals surface area contributed by atoms with Crippen molar-refractivity contribution in [2.24, 2.45) is 0 Å². The van der Waals surface area contributed by atoms with Crippen molar-refractivity contribution in [1.82, 2.24) is 4.90 Å². The second kappa shape index (κ2) is 9.18. The molecule has 1 saturated heterocycles. The fraction of sp³-hybridized carbons (Fsp3) is 0.435. The number of carbonyl (C=O) groups excluding carboxylic acids is 1. The van der Waals surface area contributed by atoms with E-state index in [0.29, 0.717) is 44.2 Å². The number of hydrogen-bond acceptors (Lipinski definition) is 5. The highest BCUT2D eigenvalue weighted by Gasteiger charge is 2.19. The predicted molar refractivity (Wildman–Crippen MR) is 109 cm³/mol. The van der Waals surface area contributed by atoms with E-state index in [1.807, 2.05) is 54.3 Å². The van der Waals surface area contributed by atoms with E-state index in [1.165, 1.54) is 0 Å². The Morgan fingerprint density at radius 1 is 1.10 bits per heavy atom. The van der Waals surface area contributed by atoms with E-state index in [9.17, 15) is 4.79 Å². The van der Waals surface area contributed by atoms with Gasteiger partial charge in [0.15, 0.2) is 11.5 Å². The Morgan fingerprint density at radius 3 is 2.76 bits per heavy atom. The van der Waals surface area contributed by atoms with E-state index in [-0.39, 0.29) is 12.0 Å². The van der Waals surface area contributed by atoms with Crippen molar-refractivity contribution < 1.29 is 23.7 Å². The van der Waals surface area contributed by atoms with Gasteiger partial charge in [0.1, 0.15) is 25.6 Å². The van der Waals surface area contributed by atoms with Gasteiger partial charge in [0.05, 0.1) is 6.10 Å². The standard InChI is InChI=1S/C23H27NO5/c1-2-24(15-17-8-9-21-22(13-17)28-12-11-27-21)23(25)18-5-3-6-19(14-18)29-16-20-7-4-10-26-20/h3,5-6,8-9,13-14,20H,2,4,7,10-12,15-16H2,1H3. The van der Waals surface area contributed by atoms with Crippen molar-refractivity contribution in [3.8, 4) is 17.2 Å². The van der Waals surface area contributed by atoms with Crippen LogP contribution in [0.25, 0.3) is 0 Å². The molecule has 2 heterocycles. The van der Waals surface area contributed by atoms with Crippen LogP contribution in [-0.4, -0.2) is 49.9 Å². The molecule has 29 heavy (non-hydrogen) atoms. The highest BCUT2D eigenvalue weighted by Crippen LogP contribution is 2.31. The molecule has 2 aromatic carbocycles. The Balaban J connectivity index is 1.42. The van der Waals surface area contributed by atoms with Crippen molar-refractivity contribution in [3.05, 3.63) is 53.6 Å². The molecule has 0 radical (unpaired) electrons. The van der Waals surface area contributed by atoms with E-state index in [1.54, 1.807) is 0 Å². The minimum atomic E-state index is -0.0232. The minimum Gasteiger partial charge on any atom is -0.491 e. The van der Waals surface area contributed by atoms with E-state index in [2.05, 4.69) is 0 Å². The molecule has 1 unspecified atom stereocenters. The molecule has 0 spiro atoms. The third-order valence-corrected chi connectivity index (χ3v) is 5.19. The van der Waals surface area contributed by atoms with Crippen LogP contribution >= 0.6 is 0 Å². The SMILES string of the molecule is CCN(Cc1ccc2c(c1)OCCO2)C(=O)c1cccc(OCC2CCCO2)c1. The lowest BCUT2D eigenvalue weighted by Crippen LogP contribution is -2.30. The van der Waals surface area contributed by atoms with Crippen molar-refractivity contribution in [1.29, 1.82) is 0 Å². The summed E-state index contributed by atoms with van der Waals surface area (Å²) in [6, 6.07) is 13.2. The molecule has 2 aromatic rings. The van der Waals surface area contributed by atoms with Crippen LogP contribution in [0.5, 0.6) is 17.2 Å². The third kappa shape index (κ3) is 4.82. The van der Waals surface area contributed by atoms with E-state index in [4.69, 9.17) is 18.9 Å². The molecule has 2 aliphatic rings. The van der Waals surface area contributed by atoms with Gasteiger partial charge in [-0.25, -0.2) is 0 Å². The molecule has 0 aliphatic carbocycles. The van der Waals surface area contributed by atoms with Gasteiger partial charge in [-0.3, -0.25) is 4.79 Å². The van der Waals surface area contributed by atoms with Crippen LogP contribution in [0.1, 0.15) is 35.7 Å². The zero-order chi connectivity index (χ0) is 20.1. The molecular weight excluding hydrogens is 370 g/mol. The molecule has 4 rings (SSSR count). The van der Waals surface area contributed by atoms with Gasteiger partial charge in [0.2, 0.25) is 0 Å². The second-order valence-electron chi connectivity index (χ2n) is 7.27. The Morgan fingerprint density at radius 2 is 1.97 bits per heavy atom. The van der Waals surface area contributed by atoms with Gasteiger partial charge in [-0.15, -0.1) is 0 Å². The lowest BCUT2D eigenvalue weighted by atomic mass is 10.1. The molecule has 0 bridgehead atoms. The number of nitrogens with zero attached hydrogens (tertiary/aromatic N) is 1. The number of hydrogen-bond donors (Lipinski definition) is 0. The zero-order valence-corrected chi connectivity index (χ0v) is 16.8. The lowest BCUT2D eigenvalue weighted by Gasteiger charge is -2.23. The average Bonchev–Trinajstić information content (AvgIpc) is 3.29. The van der Waals surface area contributed by atoms with E-state index in [0.717, 1.165) is 36.5 Å². The molecule has 2 aliphatic heterocycles. The van der Waals surface area contributed by atoms with Gasteiger partial charge in [0, 0.05) is 25.3 Å². The molecule has 1 amide bonds. The van der Waals surface area contributed by atoms with Crippen molar-refractivity contribution in [2.45, 2.75) is 32.4 Å². The third-order valence-electron chi connectivity index (χ3n) is 5.19. The summed E-state index contributed by atoms with van der Waals surface area (Å²) >= 11 is 0. The molecule has 6 nitrogen and oxygen atoms in total. The average molecular weight is 397 g/mol. The first kappa shape index (κ1) is 19.6. The van der Waals surface area contributed by atoms with Crippen LogP contribution in [0.3, 0.4) is 0 Å². The molecule has 0 N–H and O–H groups in total. The first-order valence-corrected chi connectivity index (χ1v) is 10.2. The minimum absolute atomic E-state index is 0.0232. The monoisotopic (exact) mass is 397 g/mol. The summed E-state index contributed by atoms with van der Waals surface area (Å²) < 4.78 is 22.7. The lowest BCUT2D eigenvalue weighted by molar-refractivity contribution is 0.0677. The van der Waals surface area contributed by atoms with Gasteiger partial charge in [-0.2, -0.15) is 0 Å². The van der Waals surface area contributed by atoms with Crippen LogP contribution in [0.4, 0.5) is 0 Å². The number of ether oxygens (including phenoxy) is 4. The van der Waals surface area contributed by atoms with Gasteiger partial charge in [-0.05, 0) is 55.7 Å². The Hall–Kier alpha value is -2.73. The smallest absolute Gasteiger partial charge is 0.254 e. The van der Waals surface area contributed by atoms with Crippen LogP contribution in [0, 0.1) is 0 Å². The molecule has 154 valence electrons. The van der Waals surface area contributed by atoms with E-state index >= 15 is 0 Å². The topological polar surface area (TPSA) is 57.2 Å². The summed E-state index contributed by atoms with van der Waals surface area (Å²) in [5.74, 6) is 2.17. The van der Waals surface area contributed by atoms with Gasteiger partial charge in [0.25, 0.3) is 5.91 Å². The molecular formula is C23H27NO5. The Kier molecular flexibility index (Phi) is 6.20. The maximum atomic E-state index is 13.1. The molecule has 0 aromatic heterocycles. The van der Waals surface area contributed by atoms with Crippen molar-refractivity contribution >= 4 is 5.91 Å². The largest absolute Gasteiger partial charge is 0.491 e. The molecule has 0 saturated carbocycles. The number of benzene rings is 2. The fourth-order valence-corrected chi connectivity index (χ4v) is 3.60.